The SMILES string of the molecule is CNC(Cc1cc(F)ccc1F)C1C2CCCCC21. The molecular formula is C16H21F2N. The van der Waals surface area contributed by atoms with Crippen LogP contribution >= 0.6 is 0 Å². The lowest BCUT2D eigenvalue weighted by Gasteiger charge is -2.17. The number of nitrogens with one attached hydrogen (secondary N) is 1. The van der Waals surface area contributed by atoms with Gasteiger partial charge in [-0.3, -0.25) is 0 Å². The fourth-order valence-electron chi connectivity index (χ4n) is 4.01. The smallest absolute Gasteiger partial charge is 0.126 e. The average Bonchev–Trinajstić information content (AvgIpc) is 3.14. The Hall–Kier alpha value is -0.960. The third-order valence-corrected chi connectivity index (χ3v) is 5.01. The highest BCUT2D eigenvalue weighted by Crippen LogP contribution is 2.57. The van der Waals surface area contributed by atoms with E-state index < -0.39 is 0 Å². The molecule has 2 aliphatic carbocycles. The summed E-state index contributed by atoms with van der Waals surface area (Å²) in [6.45, 7) is 0. The van der Waals surface area contributed by atoms with E-state index in [0.29, 0.717) is 17.9 Å². The van der Waals surface area contributed by atoms with E-state index in [0.717, 1.165) is 11.8 Å². The molecule has 104 valence electrons. The van der Waals surface area contributed by atoms with Crippen molar-refractivity contribution in [2.24, 2.45) is 17.8 Å². The molecule has 1 nitrogen and oxygen atoms in total. The summed E-state index contributed by atoms with van der Waals surface area (Å²) in [5.41, 5.74) is 0.503. The Morgan fingerprint density at radius 2 is 1.89 bits per heavy atom. The normalized spacial score (nSPS) is 30.8. The van der Waals surface area contributed by atoms with E-state index in [-0.39, 0.29) is 17.7 Å². The summed E-state index contributed by atoms with van der Waals surface area (Å²) in [5, 5.41) is 3.33. The molecule has 0 radical (unpaired) electrons. The second-order valence-corrected chi connectivity index (χ2v) is 6.02. The summed E-state index contributed by atoms with van der Waals surface area (Å²) in [7, 11) is 1.94. The van der Waals surface area contributed by atoms with Crippen LogP contribution in [-0.2, 0) is 6.42 Å². The van der Waals surface area contributed by atoms with Gasteiger partial charge in [-0.05, 0) is 67.8 Å². The first-order valence-corrected chi connectivity index (χ1v) is 7.32. The molecule has 0 aliphatic heterocycles. The Kier molecular flexibility index (Phi) is 3.57. The second-order valence-electron chi connectivity index (χ2n) is 6.02. The second kappa shape index (κ2) is 5.20. The number of likely N-dealkylation sites (N-methyl/N-ethyl adjacent to an activating group) is 1. The highest BCUT2D eigenvalue weighted by molar-refractivity contribution is 5.21. The minimum atomic E-state index is -0.348. The molecular weight excluding hydrogens is 244 g/mol. The molecule has 0 spiro atoms. The van der Waals surface area contributed by atoms with E-state index in [1.807, 2.05) is 7.05 Å². The van der Waals surface area contributed by atoms with Crippen LogP contribution in [0, 0.1) is 29.4 Å². The fraction of sp³-hybridized carbons (Fsp3) is 0.625. The molecule has 1 aromatic carbocycles. The first kappa shape index (κ1) is 13.0. The van der Waals surface area contributed by atoms with Crippen LogP contribution in [0.15, 0.2) is 18.2 Å². The number of hydrogen-bond donors (Lipinski definition) is 1. The van der Waals surface area contributed by atoms with Crippen molar-refractivity contribution in [3.63, 3.8) is 0 Å². The quantitative estimate of drug-likeness (QED) is 0.878. The Morgan fingerprint density at radius 1 is 1.21 bits per heavy atom. The minimum Gasteiger partial charge on any atom is -0.316 e. The lowest BCUT2D eigenvalue weighted by Crippen LogP contribution is -2.31. The highest BCUT2D eigenvalue weighted by Gasteiger charge is 2.53. The maximum Gasteiger partial charge on any atom is 0.126 e. The lowest BCUT2D eigenvalue weighted by molar-refractivity contribution is 0.450. The topological polar surface area (TPSA) is 12.0 Å². The van der Waals surface area contributed by atoms with Gasteiger partial charge in [0.25, 0.3) is 0 Å². The van der Waals surface area contributed by atoms with Crippen LogP contribution in [0.4, 0.5) is 8.78 Å². The van der Waals surface area contributed by atoms with Crippen LogP contribution in [0.3, 0.4) is 0 Å². The average molecular weight is 265 g/mol. The van der Waals surface area contributed by atoms with Gasteiger partial charge in [0, 0.05) is 6.04 Å². The molecule has 1 aromatic rings. The summed E-state index contributed by atoms with van der Waals surface area (Å²) >= 11 is 0. The lowest BCUT2D eigenvalue weighted by atomic mass is 9.99. The molecule has 0 bridgehead atoms. The summed E-state index contributed by atoms with van der Waals surface area (Å²) in [4.78, 5) is 0. The summed E-state index contributed by atoms with van der Waals surface area (Å²) in [5.74, 6) is 1.67. The maximum absolute atomic E-state index is 13.7. The van der Waals surface area contributed by atoms with Crippen LogP contribution in [0.25, 0.3) is 0 Å². The zero-order valence-electron chi connectivity index (χ0n) is 11.3. The van der Waals surface area contributed by atoms with Gasteiger partial charge in [-0.1, -0.05) is 12.8 Å². The van der Waals surface area contributed by atoms with Gasteiger partial charge in [0.2, 0.25) is 0 Å². The van der Waals surface area contributed by atoms with Gasteiger partial charge in [-0.15, -0.1) is 0 Å². The van der Waals surface area contributed by atoms with Gasteiger partial charge in [0.05, 0.1) is 0 Å². The van der Waals surface area contributed by atoms with Crippen molar-refractivity contribution in [1.29, 1.82) is 0 Å². The number of rotatable bonds is 4. The summed E-state index contributed by atoms with van der Waals surface area (Å²) < 4.78 is 27.0. The summed E-state index contributed by atoms with van der Waals surface area (Å²) in [6.07, 6.45) is 5.90. The molecule has 3 heteroatoms. The highest BCUT2D eigenvalue weighted by atomic mass is 19.1. The van der Waals surface area contributed by atoms with Crippen LogP contribution in [0.5, 0.6) is 0 Å². The van der Waals surface area contributed by atoms with Crippen molar-refractivity contribution in [3.05, 3.63) is 35.4 Å². The van der Waals surface area contributed by atoms with Crippen molar-refractivity contribution in [2.75, 3.05) is 7.05 Å². The predicted molar refractivity (Wildman–Crippen MR) is 71.8 cm³/mol. The third-order valence-electron chi connectivity index (χ3n) is 5.01. The maximum atomic E-state index is 13.7. The standard InChI is InChI=1S/C16H21F2N/c1-19-15(16-12-4-2-3-5-13(12)16)9-10-8-11(17)6-7-14(10)18/h6-8,12-13,15-16,19H,2-5,9H2,1H3. The number of benzene rings is 1. The van der Waals surface area contributed by atoms with Crippen molar-refractivity contribution in [3.8, 4) is 0 Å². The molecule has 3 rings (SSSR count). The zero-order valence-corrected chi connectivity index (χ0v) is 11.3. The molecule has 2 aliphatic rings. The Balaban J connectivity index is 1.72. The molecule has 2 fully saturated rings. The number of halogens is 2. The van der Waals surface area contributed by atoms with Gasteiger partial charge < -0.3 is 5.32 Å². The first-order valence-electron chi connectivity index (χ1n) is 7.32. The Bertz CT molecular complexity index is 448. The largest absolute Gasteiger partial charge is 0.316 e. The van der Waals surface area contributed by atoms with Crippen molar-refractivity contribution in [1.82, 2.24) is 5.32 Å². The van der Waals surface area contributed by atoms with Crippen LogP contribution in [-0.4, -0.2) is 13.1 Å². The van der Waals surface area contributed by atoms with Crippen LogP contribution < -0.4 is 5.32 Å². The van der Waals surface area contributed by atoms with E-state index in [2.05, 4.69) is 5.32 Å². The van der Waals surface area contributed by atoms with Gasteiger partial charge in [0.15, 0.2) is 0 Å². The van der Waals surface area contributed by atoms with Crippen molar-refractivity contribution >= 4 is 0 Å². The van der Waals surface area contributed by atoms with E-state index in [9.17, 15) is 8.78 Å². The van der Waals surface area contributed by atoms with E-state index in [4.69, 9.17) is 0 Å². The molecule has 3 unspecified atom stereocenters. The molecule has 2 saturated carbocycles. The minimum absolute atomic E-state index is 0.282. The molecule has 1 N–H and O–H groups in total. The van der Waals surface area contributed by atoms with Crippen LogP contribution in [0.1, 0.15) is 31.2 Å². The Labute approximate surface area is 113 Å². The Morgan fingerprint density at radius 3 is 2.53 bits per heavy atom. The number of fused-ring (bicyclic) bond motifs is 1. The zero-order chi connectivity index (χ0) is 13.4. The molecule has 0 amide bonds. The predicted octanol–water partition coefficient (Wildman–Crippen LogP) is 3.53. The fourth-order valence-corrected chi connectivity index (χ4v) is 4.01. The van der Waals surface area contributed by atoms with Gasteiger partial charge in [-0.25, -0.2) is 8.78 Å². The van der Waals surface area contributed by atoms with Crippen molar-refractivity contribution in [2.45, 2.75) is 38.1 Å². The number of hydrogen-bond acceptors (Lipinski definition) is 1. The van der Waals surface area contributed by atoms with Crippen molar-refractivity contribution < 1.29 is 8.78 Å². The molecule has 0 heterocycles. The third kappa shape index (κ3) is 2.53. The first-order chi connectivity index (χ1) is 9.20. The molecule has 0 saturated heterocycles. The van der Waals surface area contributed by atoms with Crippen LogP contribution in [0.2, 0.25) is 0 Å². The summed E-state index contributed by atoms with van der Waals surface area (Å²) in [6, 6.07) is 4.04. The molecule has 19 heavy (non-hydrogen) atoms. The van der Waals surface area contributed by atoms with Gasteiger partial charge in [0.1, 0.15) is 11.6 Å². The molecule has 0 aromatic heterocycles. The monoisotopic (exact) mass is 265 g/mol. The molecule has 3 atom stereocenters. The van der Waals surface area contributed by atoms with E-state index >= 15 is 0 Å². The van der Waals surface area contributed by atoms with Gasteiger partial charge >= 0.3 is 0 Å². The van der Waals surface area contributed by atoms with E-state index in [1.165, 1.54) is 43.9 Å². The van der Waals surface area contributed by atoms with Gasteiger partial charge in [-0.2, -0.15) is 0 Å². The van der Waals surface area contributed by atoms with E-state index in [1.54, 1.807) is 0 Å².